The standard InChI is InChI=1S/C12H26N4OS2/c1-6-13(7-2)18-15-10-11(5)16(12(15)17)19-14(8-3)9-4/h11H,6-10H2,1-5H3. The molecule has 0 radical (unpaired) electrons. The molecule has 0 aromatic carbocycles. The molecule has 2 amide bonds. The Balaban J connectivity index is 2.59. The Bertz CT molecular complexity index is 285. The van der Waals surface area contributed by atoms with E-state index in [0.29, 0.717) is 0 Å². The maximum absolute atomic E-state index is 12.4. The molecule has 0 bridgehead atoms. The molecule has 1 fully saturated rings. The van der Waals surface area contributed by atoms with Crippen molar-refractivity contribution in [2.45, 2.75) is 40.7 Å². The Morgan fingerprint density at radius 3 is 2.00 bits per heavy atom. The largest absolute Gasteiger partial charge is 0.342 e. The van der Waals surface area contributed by atoms with Crippen molar-refractivity contribution in [1.29, 1.82) is 0 Å². The lowest BCUT2D eigenvalue weighted by molar-refractivity contribution is 0.224. The molecule has 19 heavy (non-hydrogen) atoms. The van der Waals surface area contributed by atoms with Gasteiger partial charge in [-0.15, -0.1) is 0 Å². The Morgan fingerprint density at radius 2 is 1.53 bits per heavy atom. The fraction of sp³-hybridized carbons (Fsp3) is 0.917. The second-order valence-corrected chi connectivity index (χ2v) is 6.60. The average Bonchev–Trinajstić information content (AvgIpc) is 2.68. The predicted molar refractivity (Wildman–Crippen MR) is 84.4 cm³/mol. The third-order valence-corrected chi connectivity index (χ3v) is 5.75. The lowest BCUT2D eigenvalue weighted by Gasteiger charge is -2.26. The first-order valence-corrected chi connectivity index (χ1v) is 8.50. The van der Waals surface area contributed by atoms with Crippen LogP contribution in [0.3, 0.4) is 0 Å². The number of amides is 2. The molecule has 0 aromatic heterocycles. The van der Waals surface area contributed by atoms with Gasteiger partial charge < -0.3 is 0 Å². The summed E-state index contributed by atoms with van der Waals surface area (Å²) in [6, 6.07) is 0.363. The van der Waals surface area contributed by atoms with E-state index < -0.39 is 0 Å². The highest BCUT2D eigenvalue weighted by atomic mass is 32.2. The predicted octanol–water partition coefficient (Wildman–Crippen LogP) is 2.92. The van der Waals surface area contributed by atoms with Crippen LogP contribution in [-0.2, 0) is 0 Å². The van der Waals surface area contributed by atoms with Crippen LogP contribution in [0.5, 0.6) is 0 Å². The number of urea groups is 1. The highest BCUT2D eigenvalue weighted by molar-refractivity contribution is 7.96. The van der Waals surface area contributed by atoms with Gasteiger partial charge in [-0.25, -0.2) is 17.7 Å². The van der Waals surface area contributed by atoms with Gasteiger partial charge in [-0.1, -0.05) is 27.7 Å². The topological polar surface area (TPSA) is 30.0 Å². The third-order valence-electron chi connectivity index (χ3n) is 3.06. The molecule has 1 atom stereocenters. The van der Waals surface area contributed by atoms with Gasteiger partial charge >= 0.3 is 6.03 Å². The highest BCUT2D eigenvalue weighted by Gasteiger charge is 2.37. The lowest BCUT2D eigenvalue weighted by Crippen LogP contribution is -2.32. The summed E-state index contributed by atoms with van der Waals surface area (Å²) in [5.74, 6) is 0. The van der Waals surface area contributed by atoms with Crippen molar-refractivity contribution in [1.82, 2.24) is 17.2 Å². The quantitative estimate of drug-likeness (QED) is 0.643. The van der Waals surface area contributed by atoms with Crippen molar-refractivity contribution in [3.05, 3.63) is 0 Å². The molecule has 0 saturated carbocycles. The van der Waals surface area contributed by atoms with Crippen LogP contribution in [0.4, 0.5) is 4.79 Å². The van der Waals surface area contributed by atoms with Crippen molar-refractivity contribution in [2.24, 2.45) is 0 Å². The molecule has 1 rings (SSSR count). The Morgan fingerprint density at radius 1 is 1.05 bits per heavy atom. The zero-order valence-corrected chi connectivity index (χ0v) is 14.3. The summed E-state index contributed by atoms with van der Waals surface area (Å²) in [5, 5.41) is 0. The van der Waals surface area contributed by atoms with Crippen LogP contribution in [0.25, 0.3) is 0 Å². The summed E-state index contributed by atoms with van der Waals surface area (Å²) in [6.07, 6.45) is 0. The van der Waals surface area contributed by atoms with E-state index in [-0.39, 0.29) is 12.1 Å². The highest BCUT2D eigenvalue weighted by Crippen LogP contribution is 2.31. The molecule has 7 heteroatoms. The maximum Gasteiger partial charge on any atom is 0.342 e. The number of carbonyl (C=O) groups is 1. The normalized spacial score (nSPS) is 20.2. The van der Waals surface area contributed by atoms with Crippen LogP contribution in [0.15, 0.2) is 0 Å². The van der Waals surface area contributed by atoms with Crippen LogP contribution in [0, 0.1) is 0 Å². The Kier molecular flexibility index (Phi) is 7.35. The van der Waals surface area contributed by atoms with E-state index in [0.717, 1.165) is 32.7 Å². The van der Waals surface area contributed by atoms with Gasteiger partial charge in [-0.05, 0) is 6.92 Å². The average molecular weight is 307 g/mol. The number of hydrogen-bond donors (Lipinski definition) is 0. The van der Waals surface area contributed by atoms with Crippen LogP contribution in [0.2, 0.25) is 0 Å². The van der Waals surface area contributed by atoms with E-state index in [1.54, 1.807) is 24.3 Å². The van der Waals surface area contributed by atoms with Gasteiger partial charge in [-0.2, -0.15) is 0 Å². The van der Waals surface area contributed by atoms with Gasteiger partial charge in [0.25, 0.3) is 0 Å². The molecule has 5 nitrogen and oxygen atoms in total. The van der Waals surface area contributed by atoms with E-state index in [1.165, 1.54) is 0 Å². The summed E-state index contributed by atoms with van der Waals surface area (Å²) < 4.78 is 8.15. The summed E-state index contributed by atoms with van der Waals surface area (Å²) >= 11 is 3.11. The van der Waals surface area contributed by atoms with Crippen molar-refractivity contribution < 1.29 is 4.79 Å². The maximum atomic E-state index is 12.4. The number of hydrogen-bond acceptors (Lipinski definition) is 5. The van der Waals surface area contributed by atoms with Gasteiger partial charge in [0.2, 0.25) is 0 Å². The number of nitrogens with zero attached hydrogens (tertiary/aromatic N) is 4. The van der Waals surface area contributed by atoms with Crippen LogP contribution in [0.1, 0.15) is 34.6 Å². The third kappa shape index (κ3) is 4.44. The molecule has 0 spiro atoms. The fourth-order valence-electron chi connectivity index (χ4n) is 1.82. The van der Waals surface area contributed by atoms with E-state index in [2.05, 4.69) is 43.2 Å². The second-order valence-electron chi connectivity index (χ2n) is 4.41. The van der Waals surface area contributed by atoms with Crippen LogP contribution >= 0.6 is 24.3 Å². The van der Waals surface area contributed by atoms with Gasteiger partial charge in [0.05, 0.1) is 12.6 Å². The minimum atomic E-state index is 0.112. The van der Waals surface area contributed by atoms with Crippen molar-refractivity contribution in [2.75, 3.05) is 32.7 Å². The zero-order chi connectivity index (χ0) is 14.4. The Hall–Kier alpha value is -0.110. The zero-order valence-electron chi connectivity index (χ0n) is 12.6. The minimum Gasteiger partial charge on any atom is -0.252 e. The molecule has 0 aromatic rings. The first-order chi connectivity index (χ1) is 9.07. The van der Waals surface area contributed by atoms with Gasteiger partial charge in [0.15, 0.2) is 0 Å². The lowest BCUT2D eigenvalue weighted by atomic mass is 10.4. The van der Waals surface area contributed by atoms with Crippen molar-refractivity contribution >= 4 is 30.3 Å². The number of carbonyl (C=O) groups excluding carboxylic acids is 1. The molecule has 0 N–H and O–H groups in total. The molecule has 1 aliphatic rings. The van der Waals surface area contributed by atoms with Crippen LogP contribution < -0.4 is 0 Å². The monoisotopic (exact) mass is 306 g/mol. The summed E-state index contributed by atoms with van der Waals surface area (Å²) in [7, 11) is 0. The SMILES string of the molecule is CCN(CC)SN1CC(C)N(SN(CC)CC)C1=O. The molecule has 1 unspecified atom stereocenters. The van der Waals surface area contributed by atoms with E-state index in [4.69, 9.17) is 0 Å². The minimum absolute atomic E-state index is 0.112. The Labute approximate surface area is 126 Å². The summed E-state index contributed by atoms with van der Waals surface area (Å²) in [4.78, 5) is 12.4. The smallest absolute Gasteiger partial charge is 0.252 e. The molecule has 112 valence electrons. The number of rotatable bonds is 8. The molecule has 1 heterocycles. The molecule has 1 saturated heterocycles. The van der Waals surface area contributed by atoms with Gasteiger partial charge in [0, 0.05) is 50.4 Å². The van der Waals surface area contributed by atoms with E-state index in [1.807, 2.05) is 8.61 Å². The molecule has 1 aliphatic heterocycles. The molecular weight excluding hydrogens is 280 g/mol. The van der Waals surface area contributed by atoms with E-state index in [9.17, 15) is 4.79 Å². The molecule has 0 aliphatic carbocycles. The first kappa shape index (κ1) is 16.9. The second kappa shape index (κ2) is 8.24. The van der Waals surface area contributed by atoms with Gasteiger partial charge in [0.1, 0.15) is 0 Å². The molecular formula is C12H26N4OS2. The van der Waals surface area contributed by atoms with E-state index >= 15 is 0 Å². The first-order valence-electron chi connectivity index (χ1n) is 7.03. The van der Waals surface area contributed by atoms with Gasteiger partial charge in [-0.3, -0.25) is 4.31 Å². The summed E-state index contributed by atoms with van der Waals surface area (Å²) in [5.41, 5.74) is 0. The van der Waals surface area contributed by atoms with Crippen molar-refractivity contribution in [3.8, 4) is 0 Å². The summed E-state index contributed by atoms with van der Waals surface area (Å²) in [6.45, 7) is 15.1. The van der Waals surface area contributed by atoms with Crippen molar-refractivity contribution in [3.63, 3.8) is 0 Å². The van der Waals surface area contributed by atoms with Crippen LogP contribution in [-0.4, -0.2) is 62.0 Å². The fourth-order valence-corrected chi connectivity index (χ4v) is 3.69.